The third-order valence-electron chi connectivity index (χ3n) is 2.88. The van der Waals surface area contributed by atoms with Crippen LogP contribution in [0.4, 0.5) is 0 Å². The molecule has 0 unspecified atom stereocenters. The number of rotatable bonds is 6. The predicted octanol–water partition coefficient (Wildman–Crippen LogP) is -0.514. The number of hydrogen-bond donors (Lipinski definition) is 0. The van der Waals surface area contributed by atoms with Gasteiger partial charge in [-0.1, -0.05) is 0 Å². The molecule has 2 rings (SSSR count). The number of imide groups is 2. The van der Waals surface area contributed by atoms with E-state index in [0.29, 0.717) is 0 Å². The number of hydrogen-bond acceptors (Lipinski definition) is 6. The molecule has 2 aliphatic heterocycles. The molecule has 9 heteroatoms. The van der Waals surface area contributed by atoms with Gasteiger partial charge in [-0.15, -0.1) is 0 Å². The summed E-state index contributed by atoms with van der Waals surface area (Å²) in [5.74, 6) is -1.78. The van der Waals surface area contributed by atoms with Gasteiger partial charge in [0.25, 0.3) is 23.6 Å². The lowest BCUT2D eigenvalue weighted by Crippen LogP contribution is -2.45. The normalized spacial score (nSPS) is 18.6. The Labute approximate surface area is 121 Å². The number of nitrogens with zero attached hydrogens (tertiary/aromatic N) is 2. The maximum absolute atomic E-state index is 11.4. The van der Waals surface area contributed by atoms with E-state index in [0.717, 1.165) is 34.1 Å². The van der Waals surface area contributed by atoms with Gasteiger partial charge in [0.2, 0.25) is 0 Å². The fourth-order valence-electron chi connectivity index (χ4n) is 1.60. The van der Waals surface area contributed by atoms with E-state index in [9.17, 15) is 19.2 Å². The Bertz CT molecular complexity index is 484. The lowest BCUT2D eigenvalue weighted by atomic mass is 10.6. The van der Waals surface area contributed by atoms with Gasteiger partial charge in [-0.05, 0) is 13.1 Å². The summed E-state index contributed by atoms with van der Waals surface area (Å²) in [5.41, 5.74) is 0. The van der Waals surface area contributed by atoms with Gasteiger partial charge in [0.05, 0.1) is 0 Å². The molecule has 0 aromatic carbocycles. The van der Waals surface area contributed by atoms with Crippen LogP contribution in [0, 0.1) is 0 Å². The lowest BCUT2D eigenvalue weighted by molar-refractivity contribution is -0.140. The van der Waals surface area contributed by atoms with E-state index in [1.54, 1.807) is 13.1 Å². The molecule has 0 aromatic rings. The van der Waals surface area contributed by atoms with Crippen LogP contribution >= 0.6 is 0 Å². The van der Waals surface area contributed by atoms with Gasteiger partial charge in [0, 0.05) is 24.3 Å². The Morgan fingerprint density at radius 3 is 1.33 bits per heavy atom. The largest absolute Gasteiger partial charge is 0.375 e. The van der Waals surface area contributed by atoms with Crippen LogP contribution in [0.2, 0.25) is 13.1 Å². The summed E-state index contributed by atoms with van der Waals surface area (Å²) in [5, 5.41) is 0. The van der Waals surface area contributed by atoms with Gasteiger partial charge in [0.15, 0.2) is 0 Å². The fraction of sp³-hybridized carbons (Fsp3) is 0.333. The van der Waals surface area contributed by atoms with Crippen LogP contribution in [0.3, 0.4) is 0 Å². The topological polar surface area (TPSA) is 93.2 Å². The summed E-state index contributed by atoms with van der Waals surface area (Å²) in [6.45, 7) is 2.93. The highest BCUT2D eigenvalue weighted by Gasteiger charge is 2.32. The quantitative estimate of drug-likeness (QED) is 0.484. The van der Waals surface area contributed by atoms with Crippen LogP contribution in [0.5, 0.6) is 0 Å². The predicted molar refractivity (Wildman–Crippen MR) is 71.4 cm³/mol. The van der Waals surface area contributed by atoms with Gasteiger partial charge in [-0.2, -0.15) is 0 Å². The molecule has 0 bridgehead atoms. The zero-order chi connectivity index (χ0) is 15.6. The summed E-state index contributed by atoms with van der Waals surface area (Å²) >= 11 is 0. The highest BCUT2D eigenvalue weighted by atomic mass is 28.4. The SMILES string of the molecule is C[Si](C)(OCN1C(=O)C=CC1=O)OCN1C(=O)C=CC1=O. The van der Waals surface area contributed by atoms with Crippen molar-refractivity contribution in [1.29, 1.82) is 0 Å². The molecule has 0 saturated carbocycles. The zero-order valence-electron chi connectivity index (χ0n) is 11.6. The molecular weight excluding hydrogens is 296 g/mol. The third-order valence-corrected chi connectivity index (χ3v) is 4.53. The second kappa shape index (κ2) is 5.72. The molecule has 4 amide bonds. The smallest absolute Gasteiger partial charge is 0.334 e. The van der Waals surface area contributed by atoms with E-state index in [2.05, 4.69) is 0 Å². The molecule has 0 atom stereocenters. The van der Waals surface area contributed by atoms with Crippen molar-refractivity contribution in [2.45, 2.75) is 13.1 Å². The molecular formula is C12H14N2O6Si. The van der Waals surface area contributed by atoms with E-state index in [1.165, 1.54) is 0 Å². The summed E-state index contributed by atoms with van der Waals surface area (Å²) in [7, 11) is -2.70. The highest BCUT2D eigenvalue weighted by molar-refractivity contribution is 6.64. The lowest BCUT2D eigenvalue weighted by Gasteiger charge is -2.27. The standard InChI is InChI=1S/C12H14N2O6Si/c1-21(2,19-7-13-9(15)3-4-10(13)16)20-8-14-11(17)5-6-12(14)18/h3-6H,7-8H2,1-2H3. The van der Waals surface area contributed by atoms with E-state index >= 15 is 0 Å². The van der Waals surface area contributed by atoms with Crippen molar-refractivity contribution in [3.8, 4) is 0 Å². The Kier molecular flexibility index (Phi) is 4.16. The number of carbonyl (C=O) groups is 4. The molecule has 112 valence electrons. The molecule has 0 saturated heterocycles. The molecule has 0 fully saturated rings. The number of carbonyl (C=O) groups excluding carboxylic acids is 4. The summed E-state index contributed by atoms with van der Waals surface area (Å²) in [6.07, 6.45) is 4.64. The first-order valence-electron chi connectivity index (χ1n) is 6.15. The van der Waals surface area contributed by atoms with E-state index in [4.69, 9.17) is 8.85 Å². The van der Waals surface area contributed by atoms with Crippen molar-refractivity contribution in [3.63, 3.8) is 0 Å². The minimum absolute atomic E-state index is 0.218. The second-order valence-electron chi connectivity index (χ2n) is 4.82. The maximum atomic E-state index is 11.4. The summed E-state index contributed by atoms with van der Waals surface area (Å²) < 4.78 is 11.0. The minimum atomic E-state index is -2.70. The average Bonchev–Trinajstić information content (AvgIpc) is 2.89. The average molecular weight is 310 g/mol. The van der Waals surface area contributed by atoms with Gasteiger partial charge in [-0.25, -0.2) is 0 Å². The van der Waals surface area contributed by atoms with Crippen LogP contribution in [-0.2, 0) is 28.0 Å². The van der Waals surface area contributed by atoms with Crippen LogP contribution in [0.25, 0.3) is 0 Å². The first kappa shape index (κ1) is 15.3. The molecule has 8 nitrogen and oxygen atoms in total. The molecule has 0 spiro atoms. The van der Waals surface area contributed by atoms with Gasteiger partial charge < -0.3 is 8.85 Å². The fourth-order valence-corrected chi connectivity index (χ4v) is 2.56. The van der Waals surface area contributed by atoms with E-state index in [1.807, 2.05) is 0 Å². The Balaban J connectivity index is 1.82. The van der Waals surface area contributed by atoms with Crippen LogP contribution < -0.4 is 0 Å². The molecule has 2 heterocycles. The second-order valence-corrected chi connectivity index (χ2v) is 8.20. The van der Waals surface area contributed by atoms with E-state index < -0.39 is 32.2 Å². The maximum Gasteiger partial charge on any atom is 0.334 e. The van der Waals surface area contributed by atoms with Crippen molar-refractivity contribution in [2.24, 2.45) is 0 Å². The van der Waals surface area contributed by atoms with Gasteiger partial charge >= 0.3 is 8.56 Å². The molecule has 21 heavy (non-hydrogen) atoms. The van der Waals surface area contributed by atoms with Crippen molar-refractivity contribution < 1.29 is 28.0 Å². The summed E-state index contributed by atoms with van der Waals surface area (Å²) in [6, 6.07) is 0. The number of amides is 4. The molecule has 2 aliphatic rings. The minimum Gasteiger partial charge on any atom is -0.375 e. The van der Waals surface area contributed by atoms with E-state index in [-0.39, 0.29) is 13.5 Å². The zero-order valence-corrected chi connectivity index (χ0v) is 12.6. The third kappa shape index (κ3) is 3.51. The molecule has 0 N–H and O–H groups in total. The van der Waals surface area contributed by atoms with Crippen molar-refractivity contribution in [2.75, 3.05) is 13.5 Å². The summed E-state index contributed by atoms with van der Waals surface area (Å²) in [4.78, 5) is 47.3. The first-order valence-corrected chi connectivity index (χ1v) is 8.97. The monoisotopic (exact) mass is 310 g/mol. The Morgan fingerprint density at radius 1 is 0.762 bits per heavy atom. The van der Waals surface area contributed by atoms with Crippen molar-refractivity contribution >= 4 is 32.2 Å². The Morgan fingerprint density at radius 2 is 1.05 bits per heavy atom. The van der Waals surface area contributed by atoms with Crippen LogP contribution in [-0.4, -0.2) is 55.5 Å². The van der Waals surface area contributed by atoms with Crippen LogP contribution in [0.1, 0.15) is 0 Å². The van der Waals surface area contributed by atoms with Crippen molar-refractivity contribution in [1.82, 2.24) is 9.80 Å². The van der Waals surface area contributed by atoms with Crippen molar-refractivity contribution in [3.05, 3.63) is 24.3 Å². The molecule has 0 aromatic heterocycles. The van der Waals surface area contributed by atoms with Crippen LogP contribution in [0.15, 0.2) is 24.3 Å². The van der Waals surface area contributed by atoms with Gasteiger partial charge in [-0.3, -0.25) is 29.0 Å². The Hall–Kier alpha value is -2.10. The van der Waals surface area contributed by atoms with Gasteiger partial charge in [0.1, 0.15) is 13.5 Å². The highest BCUT2D eigenvalue weighted by Crippen LogP contribution is 2.12. The molecule has 0 radical (unpaired) electrons. The first-order chi connectivity index (χ1) is 9.80. The molecule has 0 aliphatic carbocycles.